The SMILES string of the molecule is CC(C)CCC[C@H](C)[C@@H]1CC[C@@H]2[C@H]3CC=C4C[C@@H](OCCC(C)C)CC[C@]4(C)[C@@H]3CC[C@]21C. The Bertz CT molecular complexity index is 676. The smallest absolute Gasteiger partial charge is 0.0612 e. The highest BCUT2D eigenvalue weighted by molar-refractivity contribution is 5.25. The third-order valence-electron chi connectivity index (χ3n) is 11.3. The van der Waals surface area contributed by atoms with Crippen LogP contribution in [0, 0.1) is 52.3 Å². The molecule has 190 valence electrons. The summed E-state index contributed by atoms with van der Waals surface area (Å²) in [5.41, 5.74) is 2.85. The van der Waals surface area contributed by atoms with E-state index in [0.29, 0.717) is 16.9 Å². The van der Waals surface area contributed by atoms with Crippen LogP contribution < -0.4 is 0 Å². The summed E-state index contributed by atoms with van der Waals surface area (Å²) in [5.74, 6) is 6.35. The summed E-state index contributed by atoms with van der Waals surface area (Å²) >= 11 is 0. The number of hydrogen-bond donors (Lipinski definition) is 0. The largest absolute Gasteiger partial charge is 0.378 e. The molecular formula is C32H56O. The second-order valence-electron chi connectivity index (χ2n) is 14.2. The predicted octanol–water partition coefficient (Wildman–Crippen LogP) is 9.46. The van der Waals surface area contributed by atoms with Crippen molar-refractivity contribution >= 4 is 0 Å². The first kappa shape index (κ1) is 25.8. The summed E-state index contributed by atoms with van der Waals surface area (Å²) in [6.45, 7) is 18.3. The summed E-state index contributed by atoms with van der Waals surface area (Å²) in [6.07, 6.45) is 19.9. The van der Waals surface area contributed by atoms with E-state index in [9.17, 15) is 0 Å². The van der Waals surface area contributed by atoms with Crippen LogP contribution in [0.25, 0.3) is 0 Å². The van der Waals surface area contributed by atoms with Crippen LogP contribution in [0.1, 0.15) is 126 Å². The standard InChI is InChI=1S/C32H56O/c1-22(2)9-8-10-24(5)28-13-14-29-27-12-11-25-21-26(33-20-17-23(3)4)15-18-31(25,6)30(27)16-19-32(28,29)7/h11,22-24,26-30H,8-10,12-21H2,1-7H3/t24-,26-,27+,28-,29+,30+,31-,32-/m0/s1. The lowest BCUT2D eigenvalue weighted by molar-refractivity contribution is -0.0644. The van der Waals surface area contributed by atoms with Gasteiger partial charge >= 0.3 is 0 Å². The fraction of sp³-hybridized carbons (Fsp3) is 0.938. The molecule has 0 aromatic carbocycles. The molecule has 0 aromatic heterocycles. The van der Waals surface area contributed by atoms with Gasteiger partial charge in [0, 0.05) is 6.61 Å². The predicted molar refractivity (Wildman–Crippen MR) is 142 cm³/mol. The van der Waals surface area contributed by atoms with E-state index in [1.807, 2.05) is 0 Å². The molecule has 0 unspecified atom stereocenters. The van der Waals surface area contributed by atoms with Crippen LogP contribution in [-0.4, -0.2) is 12.7 Å². The molecule has 8 atom stereocenters. The van der Waals surface area contributed by atoms with Crippen molar-refractivity contribution in [3.63, 3.8) is 0 Å². The van der Waals surface area contributed by atoms with Crippen molar-refractivity contribution in [1.29, 1.82) is 0 Å². The van der Waals surface area contributed by atoms with Crippen molar-refractivity contribution in [3.8, 4) is 0 Å². The van der Waals surface area contributed by atoms with E-state index in [4.69, 9.17) is 4.74 Å². The molecule has 0 radical (unpaired) electrons. The summed E-state index contributed by atoms with van der Waals surface area (Å²) < 4.78 is 6.36. The average molecular weight is 457 g/mol. The first-order valence-corrected chi connectivity index (χ1v) is 15.0. The Kier molecular flexibility index (Phi) is 8.09. The molecule has 0 amide bonds. The zero-order chi connectivity index (χ0) is 23.8. The maximum absolute atomic E-state index is 6.36. The second kappa shape index (κ2) is 10.4. The van der Waals surface area contributed by atoms with Gasteiger partial charge in [0.15, 0.2) is 0 Å². The van der Waals surface area contributed by atoms with Crippen LogP contribution in [0.5, 0.6) is 0 Å². The maximum atomic E-state index is 6.36. The summed E-state index contributed by atoms with van der Waals surface area (Å²) in [7, 11) is 0. The van der Waals surface area contributed by atoms with E-state index in [1.165, 1.54) is 77.0 Å². The molecule has 3 saturated carbocycles. The van der Waals surface area contributed by atoms with Crippen LogP contribution in [0.3, 0.4) is 0 Å². The van der Waals surface area contributed by atoms with E-state index in [0.717, 1.165) is 48.0 Å². The maximum Gasteiger partial charge on any atom is 0.0612 e. The number of allylic oxidation sites excluding steroid dienone is 1. The Morgan fingerprint density at radius 2 is 1.64 bits per heavy atom. The summed E-state index contributed by atoms with van der Waals surface area (Å²) in [5, 5.41) is 0. The van der Waals surface area contributed by atoms with Crippen molar-refractivity contribution in [3.05, 3.63) is 11.6 Å². The third kappa shape index (κ3) is 5.15. The van der Waals surface area contributed by atoms with Crippen LogP contribution in [0.4, 0.5) is 0 Å². The van der Waals surface area contributed by atoms with Gasteiger partial charge in [0.05, 0.1) is 6.10 Å². The van der Waals surface area contributed by atoms with E-state index >= 15 is 0 Å². The fourth-order valence-electron chi connectivity index (χ4n) is 9.26. The normalized spacial score (nSPS) is 41.5. The molecule has 0 N–H and O–H groups in total. The number of fused-ring (bicyclic) bond motifs is 5. The van der Waals surface area contributed by atoms with Crippen molar-refractivity contribution < 1.29 is 4.74 Å². The molecule has 1 heteroatoms. The van der Waals surface area contributed by atoms with Crippen LogP contribution in [0.2, 0.25) is 0 Å². The van der Waals surface area contributed by atoms with Crippen molar-refractivity contribution in [2.75, 3.05) is 6.61 Å². The highest BCUT2D eigenvalue weighted by Crippen LogP contribution is 2.67. The van der Waals surface area contributed by atoms with Gasteiger partial charge in [-0.15, -0.1) is 0 Å². The molecule has 4 rings (SSSR count). The first-order chi connectivity index (χ1) is 15.6. The summed E-state index contributed by atoms with van der Waals surface area (Å²) in [4.78, 5) is 0. The lowest BCUT2D eigenvalue weighted by Crippen LogP contribution is -2.51. The van der Waals surface area contributed by atoms with Gasteiger partial charge in [0.1, 0.15) is 0 Å². The van der Waals surface area contributed by atoms with Gasteiger partial charge in [0.2, 0.25) is 0 Å². The van der Waals surface area contributed by atoms with E-state index < -0.39 is 0 Å². The Morgan fingerprint density at radius 1 is 0.879 bits per heavy atom. The van der Waals surface area contributed by atoms with Crippen LogP contribution >= 0.6 is 0 Å². The highest BCUT2D eigenvalue weighted by Gasteiger charge is 2.59. The van der Waals surface area contributed by atoms with Gasteiger partial charge in [0.25, 0.3) is 0 Å². The van der Waals surface area contributed by atoms with E-state index in [2.05, 4.69) is 54.5 Å². The minimum absolute atomic E-state index is 0.461. The lowest BCUT2D eigenvalue weighted by atomic mass is 9.47. The van der Waals surface area contributed by atoms with Gasteiger partial charge in [-0.2, -0.15) is 0 Å². The third-order valence-corrected chi connectivity index (χ3v) is 11.3. The molecule has 4 aliphatic rings. The van der Waals surface area contributed by atoms with E-state index in [-0.39, 0.29) is 0 Å². The van der Waals surface area contributed by atoms with Crippen molar-refractivity contribution in [2.24, 2.45) is 52.3 Å². The van der Waals surface area contributed by atoms with Crippen LogP contribution in [0.15, 0.2) is 11.6 Å². The number of ether oxygens (including phenoxy) is 1. The highest BCUT2D eigenvalue weighted by atomic mass is 16.5. The molecule has 0 aromatic rings. The molecule has 0 heterocycles. The Morgan fingerprint density at radius 3 is 2.36 bits per heavy atom. The Labute approximate surface area is 206 Å². The minimum atomic E-state index is 0.461. The first-order valence-electron chi connectivity index (χ1n) is 15.0. The molecule has 0 bridgehead atoms. The topological polar surface area (TPSA) is 9.23 Å². The molecule has 33 heavy (non-hydrogen) atoms. The zero-order valence-corrected chi connectivity index (χ0v) is 23.3. The molecular weight excluding hydrogens is 400 g/mol. The molecule has 4 aliphatic carbocycles. The number of rotatable bonds is 9. The van der Waals surface area contributed by atoms with Gasteiger partial charge in [-0.25, -0.2) is 0 Å². The minimum Gasteiger partial charge on any atom is -0.378 e. The second-order valence-corrected chi connectivity index (χ2v) is 14.2. The Balaban J connectivity index is 1.41. The van der Waals surface area contributed by atoms with Crippen LogP contribution in [-0.2, 0) is 4.74 Å². The quantitative estimate of drug-likeness (QED) is 0.314. The Hall–Kier alpha value is -0.300. The van der Waals surface area contributed by atoms with Gasteiger partial charge in [-0.1, -0.05) is 79.4 Å². The van der Waals surface area contributed by atoms with Gasteiger partial charge in [-0.05, 0) is 110 Å². The van der Waals surface area contributed by atoms with Crippen molar-refractivity contribution in [1.82, 2.24) is 0 Å². The molecule has 1 nitrogen and oxygen atoms in total. The number of hydrogen-bond acceptors (Lipinski definition) is 1. The van der Waals surface area contributed by atoms with Crippen molar-refractivity contribution in [2.45, 2.75) is 132 Å². The molecule has 0 aliphatic heterocycles. The monoisotopic (exact) mass is 456 g/mol. The van der Waals surface area contributed by atoms with E-state index in [1.54, 1.807) is 5.57 Å². The fourth-order valence-corrected chi connectivity index (χ4v) is 9.26. The summed E-state index contributed by atoms with van der Waals surface area (Å²) in [6, 6.07) is 0. The lowest BCUT2D eigenvalue weighted by Gasteiger charge is -2.58. The average Bonchev–Trinajstić information content (AvgIpc) is 3.10. The zero-order valence-electron chi connectivity index (χ0n) is 23.3. The molecule has 3 fully saturated rings. The van der Waals surface area contributed by atoms with Gasteiger partial charge in [-0.3, -0.25) is 0 Å². The molecule has 0 spiro atoms. The molecule has 0 saturated heterocycles. The van der Waals surface area contributed by atoms with Gasteiger partial charge < -0.3 is 4.74 Å².